The molecule has 666 valence electrons. The van der Waals surface area contributed by atoms with Gasteiger partial charge < -0.3 is 14.4 Å². The van der Waals surface area contributed by atoms with Gasteiger partial charge in [0.05, 0.1) is 22.4 Å². The van der Waals surface area contributed by atoms with Gasteiger partial charge in [0.15, 0.2) is 0 Å². The molecule has 4 heteroatoms. The Morgan fingerprint density at radius 2 is 0.477 bits per heavy atom. The molecule has 0 saturated heterocycles. The summed E-state index contributed by atoms with van der Waals surface area (Å²) in [6, 6.07) is 88.2. The molecule has 12 aromatic carbocycles. The smallest absolute Gasteiger partial charge is 0.252 e. The van der Waals surface area contributed by atoms with Gasteiger partial charge in [-0.2, -0.15) is 0 Å². The standard InChI is InChI=1S/C124H152BN3/c1-112(2,3)80-45-40-75(41-46-80)93-68-89(121(28,29)30)70-95(79-60-87(119(22,23)24)64-88(61-79)120(25,26)27)110(93)128-106-74-92(126-103-56-50-83(115(10,11)12)66-97(103)98-67-84(116(13,14)15)51-57-104(98)126)52-55-102(106)125-101-54-44-77(78-58-85(117(16,17)18)63-86(59-78)118(19,20)21)62-105(101)127(107-72-91(123(34,35)36)73-108(128)109(107)125)111-94(76-42-47-81(48-43-76)113(4,5)6)69-90(122(31,32)33)71-99(111)96-65-82(114(7,8)9)49-53-100(96)124(37,38)39/h40-74H,1-39H3. The molecular weight excluding hydrogens is 1540 g/mol. The fourth-order valence-electron chi connectivity index (χ4n) is 19.4. The van der Waals surface area contributed by atoms with Crippen molar-refractivity contribution in [3.63, 3.8) is 0 Å². The molecule has 0 atom stereocenters. The number of benzene rings is 12. The van der Waals surface area contributed by atoms with Crippen molar-refractivity contribution in [2.24, 2.45) is 0 Å². The molecule has 0 spiro atoms. The van der Waals surface area contributed by atoms with E-state index in [1.807, 2.05) is 0 Å². The molecule has 0 fully saturated rings. The molecule has 3 nitrogen and oxygen atoms in total. The normalized spacial score (nSPS) is 14.2. The van der Waals surface area contributed by atoms with Crippen LogP contribution in [0.1, 0.15) is 342 Å². The van der Waals surface area contributed by atoms with Crippen molar-refractivity contribution < 1.29 is 0 Å². The second-order valence-corrected chi connectivity index (χ2v) is 52.0. The highest BCUT2D eigenvalue weighted by atomic mass is 15.2. The van der Waals surface area contributed by atoms with E-state index in [-0.39, 0.29) is 71.7 Å². The van der Waals surface area contributed by atoms with Crippen LogP contribution in [-0.2, 0) is 70.4 Å². The van der Waals surface area contributed by atoms with Gasteiger partial charge in [-0.25, -0.2) is 0 Å². The summed E-state index contributed by atoms with van der Waals surface area (Å²) in [7, 11) is 0. The van der Waals surface area contributed by atoms with Crippen molar-refractivity contribution in [2.75, 3.05) is 9.80 Å². The van der Waals surface area contributed by atoms with E-state index in [1.54, 1.807) is 0 Å². The van der Waals surface area contributed by atoms with Crippen LogP contribution in [0.15, 0.2) is 212 Å². The zero-order valence-corrected chi connectivity index (χ0v) is 86.1. The Morgan fingerprint density at radius 3 is 0.852 bits per heavy atom. The van der Waals surface area contributed by atoms with Crippen LogP contribution in [0.2, 0.25) is 0 Å². The zero-order valence-electron chi connectivity index (χ0n) is 86.1. The molecule has 0 aliphatic carbocycles. The summed E-state index contributed by atoms with van der Waals surface area (Å²) in [5, 5.41) is 2.54. The number of anilines is 6. The van der Waals surface area contributed by atoms with Gasteiger partial charge in [0.1, 0.15) is 0 Å². The molecular formula is C124H152BN3. The predicted octanol–water partition coefficient (Wildman–Crippen LogP) is 34.1. The number of hydrogen-bond donors (Lipinski definition) is 0. The monoisotopic (exact) mass is 1690 g/mol. The summed E-state index contributed by atoms with van der Waals surface area (Å²) in [4.78, 5) is 5.71. The molecule has 0 saturated carbocycles. The maximum atomic E-state index is 2.86. The van der Waals surface area contributed by atoms with E-state index >= 15 is 0 Å². The molecule has 0 amide bonds. The van der Waals surface area contributed by atoms with Crippen LogP contribution < -0.4 is 26.2 Å². The van der Waals surface area contributed by atoms with E-state index in [4.69, 9.17) is 0 Å². The molecule has 0 unspecified atom stereocenters. The number of nitrogens with zero attached hydrogens (tertiary/aromatic N) is 3. The Morgan fingerprint density at radius 1 is 0.188 bits per heavy atom. The minimum atomic E-state index is -0.391. The molecule has 3 heterocycles. The fraction of sp³-hybridized carbons (Fsp3) is 0.419. The van der Waals surface area contributed by atoms with Crippen LogP contribution in [0.25, 0.3) is 83.1 Å². The molecule has 0 bridgehead atoms. The third-order valence-electron chi connectivity index (χ3n) is 28.2. The molecule has 128 heavy (non-hydrogen) atoms. The Kier molecular flexibility index (Phi) is 22.4. The highest BCUT2D eigenvalue weighted by molar-refractivity contribution is 7.00. The molecule has 1 aromatic heterocycles. The Bertz CT molecular complexity index is 6400. The van der Waals surface area contributed by atoms with Gasteiger partial charge in [-0.1, -0.05) is 403 Å². The van der Waals surface area contributed by atoms with Gasteiger partial charge in [0.25, 0.3) is 6.71 Å². The Labute approximate surface area is 774 Å². The maximum Gasteiger partial charge on any atom is 0.252 e. The van der Waals surface area contributed by atoms with Crippen molar-refractivity contribution >= 4 is 79.0 Å². The molecule has 2 aliphatic rings. The fourth-order valence-corrected chi connectivity index (χ4v) is 19.4. The van der Waals surface area contributed by atoms with Gasteiger partial charge in [-0.15, -0.1) is 0 Å². The number of hydrogen-bond acceptors (Lipinski definition) is 2. The first-order valence-electron chi connectivity index (χ1n) is 47.9. The van der Waals surface area contributed by atoms with E-state index in [0.717, 1.165) is 17.1 Å². The lowest BCUT2D eigenvalue weighted by Crippen LogP contribution is -2.61. The lowest BCUT2D eigenvalue weighted by Gasteiger charge is -2.47. The van der Waals surface area contributed by atoms with Crippen LogP contribution in [0.3, 0.4) is 0 Å². The van der Waals surface area contributed by atoms with Gasteiger partial charge >= 0.3 is 0 Å². The predicted molar refractivity (Wildman–Crippen MR) is 565 cm³/mol. The third kappa shape index (κ3) is 17.4. The Balaban J connectivity index is 1.22. The van der Waals surface area contributed by atoms with Gasteiger partial charge in [0, 0.05) is 61.5 Å². The summed E-state index contributed by atoms with van der Waals surface area (Å²) in [6.07, 6.45) is 0. The Hall–Kier alpha value is -9.90. The minimum Gasteiger partial charge on any atom is -0.310 e. The maximum absolute atomic E-state index is 2.86. The third-order valence-corrected chi connectivity index (χ3v) is 28.2. The quantitative estimate of drug-likeness (QED) is 0.141. The molecule has 15 rings (SSSR count). The zero-order chi connectivity index (χ0) is 93.9. The lowest BCUT2D eigenvalue weighted by molar-refractivity contribution is 0.568. The van der Waals surface area contributed by atoms with Crippen molar-refractivity contribution in [1.82, 2.24) is 4.57 Å². The lowest BCUT2D eigenvalue weighted by atomic mass is 9.33. The average Bonchev–Trinajstić information content (AvgIpc) is 0.766. The van der Waals surface area contributed by atoms with E-state index in [9.17, 15) is 0 Å². The molecule has 13 aromatic rings. The SMILES string of the molecule is CC(C)(C)c1ccc(-c2cc(C(C)(C)C)cc(-c3cc(C(C)(C)C)cc(C(C)(C)C)c3)c2N2c3cc(-n4c5ccc(C(C)(C)C)cc5c5cc(C(C)(C)C)ccc54)ccc3B3c4ccc(-c5cc(C(C)(C)C)cc(C(C)(C)C)c5)cc4N(c4c(-c5ccc(C(C)(C)C)cc5)cc(C(C)(C)C)cc4-c4cc(C(C)(C)C)ccc4C(C)(C)C)c4cc(C(C)(C)C)cc2c43)cc1. The van der Waals surface area contributed by atoms with Gasteiger partial charge in [-0.05, 0) is 271 Å². The first-order chi connectivity index (χ1) is 58.6. The van der Waals surface area contributed by atoms with Crippen LogP contribution in [0.5, 0.6) is 0 Å². The molecule has 2 aliphatic heterocycles. The molecule has 0 N–H and O–H groups in total. The second kappa shape index (κ2) is 30.9. The van der Waals surface area contributed by atoms with Crippen LogP contribution in [0, 0.1) is 0 Å². The van der Waals surface area contributed by atoms with Crippen molar-refractivity contribution in [2.45, 2.75) is 340 Å². The van der Waals surface area contributed by atoms with E-state index in [0.29, 0.717) is 0 Å². The summed E-state index contributed by atoms with van der Waals surface area (Å²) >= 11 is 0. The largest absolute Gasteiger partial charge is 0.310 e. The summed E-state index contributed by atoms with van der Waals surface area (Å²) < 4.78 is 2.62. The van der Waals surface area contributed by atoms with E-state index in [1.165, 1.54) is 189 Å². The van der Waals surface area contributed by atoms with Crippen molar-refractivity contribution in [3.8, 4) is 61.3 Å². The van der Waals surface area contributed by atoms with Gasteiger partial charge in [0.2, 0.25) is 0 Å². The average molecular weight is 1700 g/mol. The number of rotatable bonds is 8. The highest BCUT2D eigenvalue weighted by Crippen LogP contribution is 2.58. The summed E-state index contributed by atoms with van der Waals surface area (Å²) in [6.45, 7) is 93.1. The van der Waals surface area contributed by atoms with Gasteiger partial charge in [-0.3, -0.25) is 0 Å². The second-order valence-electron chi connectivity index (χ2n) is 52.0. The number of fused-ring (bicyclic) bond motifs is 7. The van der Waals surface area contributed by atoms with Crippen molar-refractivity contribution in [3.05, 3.63) is 285 Å². The molecule has 0 radical (unpaired) electrons. The van der Waals surface area contributed by atoms with E-state index in [2.05, 4.69) is 497 Å². The minimum absolute atomic E-state index is 0.0817. The van der Waals surface area contributed by atoms with Crippen LogP contribution in [0.4, 0.5) is 34.1 Å². The summed E-state index contributed by atoms with van der Waals surface area (Å²) in [5.74, 6) is 0. The van der Waals surface area contributed by atoms with E-state index < -0.39 is 5.41 Å². The van der Waals surface area contributed by atoms with Crippen LogP contribution >= 0.6 is 0 Å². The number of aromatic nitrogens is 1. The first-order valence-corrected chi connectivity index (χ1v) is 47.9. The van der Waals surface area contributed by atoms with Crippen LogP contribution in [-0.4, -0.2) is 11.3 Å². The topological polar surface area (TPSA) is 11.4 Å². The first kappa shape index (κ1) is 92.8. The highest BCUT2D eigenvalue weighted by Gasteiger charge is 2.48. The van der Waals surface area contributed by atoms with Crippen molar-refractivity contribution in [1.29, 1.82) is 0 Å². The summed E-state index contributed by atoms with van der Waals surface area (Å²) in [5.41, 5.74) is 41.1.